The maximum absolute atomic E-state index is 9.32. The molecule has 0 radical (unpaired) electrons. The van der Waals surface area contributed by atoms with Crippen molar-refractivity contribution in [1.29, 1.82) is 0 Å². The van der Waals surface area contributed by atoms with E-state index in [1.807, 2.05) is 18.7 Å². The predicted molar refractivity (Wildman–Crippen MR) is 44.7 cm³/mol. The zero-order valence-corrected chi connectivity index (χ0v) is 7.51. The van der Waals surface area contributed by atoms with Crippen LogP contribution in [0.15, 0.2) is 0 Å². The van der Waals surface area contributed by atoms with Gasteiger partial charge < -0.3 is 15.3 Å². The molecule has 0 aromatic rings. The molecule has 0 unspecified atom stereocenters. The number of nitrogens with zero attached hydrogens (tertiary/aromatic N) is 1. The lowest BCUT2D eigenvalue weighted by Gasteiger charge is -2.38. The Hall–Kier alpha value is -0.160. The summed E-state index contributed by atoms with van der Waals surface area (Å²) in [6, 6.07) is 0.293. The van der Waals surface area contributed by atoms with Gasteiger partial charge in [0.25, 0.3) is 0 Å². The maximum Gasteiger partial charge on any atom is 0.108 e. The third kappa shape index (κ3) is 1.95. The number of rotatable bonds is 1. The minimum absolute atomic E-state index is 0.293. The summed E-state index contributed by atoms with van der Waals surface area (Å²) < 4.78 is 0. The van der Waals surface area contributed by atoms with Crippen LogP contribution in [0, 0.1) is 0 Å². The summed E-state index contributed by atoms with van der Waals surface area (Å²) in [5, 5.41) is 27.9. The van der Waals surface area contributed by atoms with E-state index in [2.05, 4.69) is 0 Å². The van der Waals surface area contributed by atoms with Crippen LogP contribution in [0.25, 0.3) is 0 Å². The first-order chi connectivity index (χ1) is 5.52. The fourth-order valence-corrected chi connectivity index (χ4v) is 1.45. The SMILES string of the molecule is CC(C)N1C[C@@H](O)C(O)[C@H](O)C1. The molecule has 1 aliphatic rings. The van der Waals surface area contributed by atoms with Crippen LogP contribution < -0.4 is 0 Å². The summed E-state index contributed by atoms with van der Waals surface area (Å²) >= 11 is 0. The van der Waals surface area contributed by atoms with Crippen molar-refractivity contribution in [3.05, 3.63) is 0 Å². The van der Waals surface area contributed by atoms with E-state index in [1.165, 1.54) is 0 Å². The second kappa shape index (κ2) is 3.70. The highest BCUT2D eigenvalue weighted by Gasteiger charge is 2.33. The van der Waals surface area contributed by atoms with Crippen molar-refractivity contribution in [2.45, 2.75) is 38.2 Å². The lowest BCUT2D eigenvalue weighted by Crippen LogP contribution is -2.56. The third-order valence-corrected chi connectivity index (χ3v) is 2.36. The predicted octanol–water partition coefficient (Wildman–Crippen LogP) is -1.21. The number of aliphatic hydroxyl groups excluding tert-OH is 3. The Morgan fingerprint density at radius 3 is 1.83 bits per heavy atom. The van der Waals surface area contributed by atoms with Gasteiger partial charge >= 0.3 is 0 Å². The molecule has 3 N–H and O–H groups in total. The number of aliphatic hydroxyl groups is 3. The summed E-state index contributed by atoms with van der Waals surface area (Å²) in [7, 11) is 0. The van der Waals surface area contributed by atoms with Gasteiger partial charge in [0.05, 0.1) is 12.2 Å². The first kappa shape index (κ1) is 9.92. The van der Waals surface area contributed by atoms with E-state index in [0.29, 0.717) is 19.1 Å². The first-order valence-corrected chi connectivity index (χ1v) is 4.30. The molecule has 1 aliphatic heterocycles. The van der Waals surface area contributed by atoms with E-state index in [0.717, 1.165) is 0 Å². The lowest BCUT2D eigenvalue weighted by atomic mass is 10.0. The van der Waals surface area contributed by atoms with Gasteiger partial charge in [0.2, 0.25) is 0 Å². The highest BCUT2D eigenvalue weighted by molar-refractivity contribution is 4.87. The Bertz CT molecular complexity index is 139. The van der Waals surface area contributed by atoms with Crippen molar-refractivity contribution in [2.24, 2.45) is 0 Å². The van der Waals surface area contributed by atoms with Crippen LogP contribution in [0.1, 0.15) is 13.8 Å². The molecule has 0 saturated carbocycles. The molecular formula is C8H17NO3. The van der Waals surface area contributed by atoms with Gasteiger partial charge in [-0.3, -0.25) is 4.90 Å². The van der Waals surface area contributed by atoms with Crippen LogP contribution in [-0.4, -0.2) is 57.7 Å². The summed E-state index contributed by atoms with van der Waals surface area (Å²) in [5.41, 5.74) is 0. The summed E-state index contributed by atoms with van der Waals surface area (Å²) in [5.74, 6) is 0. The van der Waals surface area contributed by atoms with E-state index in [9.17, 15) is 15.3 Å². The molecule has 1 saturated heterocycles. The molecule has 0 aromatic carbocycles. The standard InChI is InChI=1S/C8H17NO3/c1-5(2)9-3-6(10)8(12)7(11)4-9/h5-8,10-12H,3-4H2,1-2H3/t6-,7-/m1/s1. The molecule has 0 aliphatic carbocycles. The second-order valence-electron chi connectivity index (χ2n) is 3.67. The molecule has 4 nitrogen and oxygen atoms in total. The van der Waals surface area contributed by atoms with Crippen LogP contribution in [0.2, 0.25) is 0 Å². The zero-order valence-electron chi connectivity index (χ0n) is 7.51. The van der Waals surface area contributed by atoms with Gasteiger partial charge in [-0.05, 0) is 13.8 Å². The van der Waals surface area contributed by atoms with Crippen molar-refractivity contribution >= 4 is 0 Å². The van der Waals surface area contributed by atoms with E-state index in [1.54, 1.807) is 0 Å². The lowest BCUT2D eigenvalue weighted by molar-refractivity contribution is -0.115. The average molecular weight is 175 g/mol. The third-order valence-electron chi connectivity index (χ3n) is 2.36. The smallest absolute Gasteiger partial charge is 0.108 e. The molecule has 0 aromatic heterocycles. The van der Waals surface area contributed by atoms with Crippen molar-refractivity contribution in [2.75, 3.05) is 13.1 Å². The minimum Gasteiger partial charge on any atom is -0.389 e. The molecule has 4 heteroatoms. The molecule has 1 heterocycles. The molecule has 72 valence electrons. The fourth-order valence-electron chi connectivity index (χ4n) is 1.45. The summed E-state index contributed by atoms with van der Waals surface area (Å²) in [6.45, 7) is 4.88. The monoisotopic (exact) mass is 175 g/mol. The fraction of sp³-hybridized carbons (Fsp3) is 1.00. The Morgan fingerprint density at radius 1 is 1.08 bits per heavy atom. The van der Waals surface area contributed by atoms with E-state index >= 15 is 0 Å². The topological polar surface area (TPSA) is 63.9 Å². The molecular weight excluding hydrogens is 158 g/mol. The van der Waals surface area contributed by atoms with Gasteiger partial charge in [0, 0.05) is 19.1 Å². The number of likely N-dealkylation sites (tertiary alicyclic amines) is 1. The van der Waals surface area contributed by atoms with Crippen LogP contribution in [-0.2, 0) is 0 Å². The van der Waals surface area contributed by atoms with E-state index < -0.39 is 18.3 Å². The van der Waals surface area contributed by atoms with Gasteiger partial charge in [-0.2, -0.15) is 0 Å². The molecule has 0 amide bonds. The Balaban J connectivity index is 2.53. The molecule has 0 bridgehead atoms. The minimum atomic E-state index is -0.986. The Labute approximate surface area is 72.4 Å². The maximum atomic E-state index is 9.32. The Morgan fingerprint density at radius 2 is 1.50 bits per heavy atom. The van der Waals surface area contributed by atoms with Gasteiger partial charge in [0.15, 0.2) is 0 Å². The molecule has 2 atom stereocenters. The van der Waals surface area contributed by atoms with Crippen LogP contribution in [0.3, 0.4) is 0 Å². The second-order valence-corrected chi connectivity index (χ2v) is 3.67. The highest BCUT2D eigenvalue weighted by Crippen LogP contribution is 2.13. The molecule has 12 heavy (non-hydrogen) atoms. The van der Waals surface area contributed by atoms with E-state index in [4.69, 9.17) is 0 Å². The normalized spacial score (nSPS) is 34.5. The van der Waals surface area contributed by atoms with Gasteiger partial charge in [-0.15, -0.1) is 0 Å². The molecule has 1 fully saturated rings. The van der Waals surface area contributed by atoms with Crippen molar-refractivity contribution in [3.63, 3.8) is 0 Å². The van der Waals surface area contributed by atoms with E-state index in [-0.39, 0.29) is 0 Å². The molecule has 0 spiro atoms. The van der Waals surface area contributed by atoms with Crippen molar-refractivity contribution in [3.8, 4) is 0 Å². The first-order valence-electron chi connectivity index (χ1n) is 4.30. The van der Waals surface area contributed by atoms with Crippen LogP contribution >= 0.6 is 0 Å². The largest absolute Gasteiger partial charge is 0.389 e. The van der Waals surface area contributed by atoms with Crippen molar-refractivity contribution in [1.82, 2.24) is 4.90 Å². The number of hydrogen-bond donors (Lipinski definition) is 3. The summed E-state index contributed by atoms with van der Waals surface area (Å²) in [6.07, 6.45) is -2.63. The van der Waals surface area contributed by atoms with Gasteiger partial charge in [0.1, 0.15) is 6.10 Å². The number of piperidine rings is 1. The summed E-state index contributed by atoms with van der Waals surface area (Å²) in [4.78, 5) is 1.95. The van der Waals surface area contributed by atoms with Gasteiger partial charge in [-0.25, -0.2) is 0 Å². The average Bonchev–Trinajstić information content (AvgIpc) is 1.99. The number of β-amino-alcohol motifs (C(OH)–C–C–N with tert-alkyl or cyclic N) is 2. The Kier molecular flexibility index (Phi) is 3.06. The zero-order chi connectivity index (χ0) is 9.30. The number of hydrogen-bond acceptors (Lipinski definition) is 4. The van der Waals surface area contributed by atoms with Crippen molar-refractivity contribution < 1.29 is 15.3 Å². The quantitative estimate of drug-likeness (QED) is 0.468. The van der Waals surface area contributed by atoms with Gasteiger partial charge in [-0.1, -0.05) is 0 Å². The van der Waals surface area contributed by atoms with Crippen LogP contribution in [0.5, 0.6) is 0 Å². The highest BCUT2D eigenvalue weighted by atomic mass is 16.4. The molecule has 1 rings (SSSR count). The van der Waals surface area contributed by atoms with Crippen LogP contribution in [0.4, 0.5) is 0 Å².